The lowest BCUT2D eigenvalue weighted by Crippen LogP contribution is -2.36. The smallest absolute Gasteiger partial charge is 0.230 e. The Morgan fingerprint density at radius 1 is 1.11 bits per heavy atom. The summed E-state index contributed by atoms with van der Waals surface area (Å²) in [5.41, 5.74) is 2.25. The summed E-state index contributed by atoms with van der Waals surface area (Å²) < 4.78 is 11.4. The Kier molecular flexibility index (Phi) is 5.79. The third kappa shape index (κ3) is 4.13. The van der Waals surface area contributed by atoms with E-state index in [1.54, 1.807) is 12.4 Å². The van der Waals surface area contributed by atoms with Crippen LogP contribution in [0.1, 0.15) is 42.7 Å². The Balaban J connectivity index is 1.53. The van der Waals surface area contributed by atoms with Crippen molar-refractivity contribution < 1.29 is 14.3 Å². The highest BCUT2D eigenvalue weighted by Crippen LogP contribution is 2.41. The standard InChI is InChI=1S/C23H28N2O3/c1-25(13-10-17-8-11-24-12-9-17)23(26)22(18-4-2-3-5-18)19-6-7-20-21(16-19)28-15-14-27-20/h6-9,11-12,16,18,22H,2-5,10,13-15H2,1H3. The number of fused-ring (bicyclic) bond motifs is 1. The Morgan fingerprint density at radius 3 is 2.57 bits per heavy atom. The van der Waals surface area contributed by atoms with E-state index in [4.69, 9.17) is 9.47 Å². The topological polar surface area (TPSA) is 51.7 Å². The van der Waals surface area contributed by atoms with E-state index < -0.39 is 0 Å². The van der Waals surface area contributed by atoms with Crippen molar-refractivity contribution in [1.29, 1.82) is 0 Å². The van der Waals surface area contributed by atoms with E-state index in [0.717, 1.165) is 36.3 Å². The highest BCUT2D eigenvalue weighted by molar-refractivity contribution is 5.84. The van der Waals surface area contributed by atoms with E-state index in [0.29, 0.717) is 25.7 Å². The second kappa shape index (κ2) is 8.63. The highest BCUT2D eigenvalue weighted by Gasteiger charge is 2.34. The van der Waals surface area contributed by atoms with Gasteiger partial charge in [-0.3, -0.25) is 9.78 Å². The minimum Gasteiger partial charge on any atom is -0.486 e. The fraction of sp³-hybridized carbons (Fsp3) is 0.478. The molecule has 148 valence electrons. The van der Waals surface area contributed by atoms with Crippen molar-refractivity contribution in [1.82, 2.24) is 9.88 Å². The van der Waals surface area contributed by atoms with Crippen LogP contribution in [0.2, 0.25) is 0 Å². The summed E-state index contributed by atoms with van der Waals surface area (Å²) >= 11 is 0. The third-order valence-electron chi connectivity index (χ3n) is 5.92. The Labute approximate surface area is 166 Å². The van der Waals surface area contributed by atoms with Crippen LogP contribution in [-0.2, 0) is 11.2 Å². The van der Waals surface area contributed by atoms with Crippen molar-refractivity contribution in [3.63, 3.8) is 0 Å². The first-order valence-corrected chi connectivity index (χ1v) is 10.3. The summed E-state index contributed by atoms with van der Waals surface area (Å²) in [7, 11) is 1.92. The molecule has 0 saturated heterocycles. The molecule has 1 aromatic heterocycles. The van der Waals surface area contributed by atoms with Crippen LogP contribution in [-0.4, -0.2) is 42.6 Å². The Bertz CT molecular complexity index is 803. The van der Waals surface area contributed by atoms with Gasteiger partial charge < -0.3 is 14.4 Å². The Morgan fingerprint density at radius 2 is 1.82 bits per heavy atom. The predicted molar refractivity (Wildman–Crippen MR) is 108 cm³/mol. The van der Waals surface area contributed by atoms with Gasteiger partial charge in [-0.1, -0.05) is 18.9 Å². The number of amides is 1. The number of hydrogen-bond donors (Lipinski definition) is 0. The molecule has 1 amide bonds. The first-order chi connectivity index (χ1) is 13.7. The zero-order chi connectivity index (χ0) is 19.3. The fourth-order valence-electron chi connectivity index (χ4n) is 4.35. The van der Waals surface area contributed by atoms with Crippen molar-refractivity contribution >= 4 is 5.91 Å². The summed E-state index contributed by atoms with van der Waals surface area (Å²) in [4.78, 5) is 19.4. The van der Waals surface area contributed by atoms with Crippen molar-refractivity contribution in [2.75, 3.05) is 26.8 Å². The lowest BCUT2D eigenvalue weighted by Gasteiger charge is -2.29. The van der Waals surface area contributed by atoms with Crippen LogP contribution in [0.3, 0.4) is 0 Å². The number of rotatable bonds is 6. The molecule has 0 spiro atoms. The van der Waals surface area contributed by atoms with Crippen LogP contribution in [0.15, 0.2) is 42.7 Å². The van der Waals surface area contributed by atoms with Gasteiger partial charge in [0.15, 0.2) is 11.5 Å². The molecule has 5 heteroatoms. The SMILES string of the molecule is CN(CCc1ccncc1)C(=O)C(c1ccc2c(c1)OCCO2)C1CCCC1. The largest absolute Gasteiger partial charge is 0.486 e. The van der Waals surface area contributed by atoms with Crippen LogP contribution in [0.25, 0.3) is 0 Å². The van der Waals surface area contributed by atoms with Crippen LogP contribution >= 0.6 is 0 Å². The second-order valence-electron chi connectivity index (χ2n) is 7.79. The number of ether oxygens (including phenoxy) is 2. The monoisotopic (exact) mass is 380 g/mol. The van der Waals surface area contributed by atoms with Crippen LogP contribution in [0.4, 0.5) is 0 Å². The molecule has 0 radical (unpaired) electrons. The first-order valence-electron chi connectivity index (χ1n) is 10.3. The summed E-state index contributed by atoms with van der Waals surface area (Å²) in [6, 6.07) is 10.0. The Hall–Kier alpha value is -2.56. The fourth-order valence-corrected chi connectivity index (χ4v) is 4.35. The molecule has 2 heterocycles. The van der Waals surface area contributed by atoms with Gasteiger partial charge in [0, 0.05) is 26.0 Å². The molecule has 1 saturated carbocycles. The van der Waals surface area contributed by atoms with E-state index in [-0.39, 0.29) is 11.8 Å². The zero-order valence-electron chi connectivity index (χ0n) is 16.5. The minimum atomic E-state index is -0.110. The number of hydrogen-bond acceptors (Lipinski definition) is 4. The number of likely N-dealkylation sites (N-methyl/N-ethyl adjacent to an activating group) is 1. The molecule has 1 fully saturated rings. The molecule has 0 bridgehead atoms. The third-order valence-corrected chi connectivity index (χ3v) is 5.92. The average Bonchev–Trinajstić information content (AvgIpc) is 3.27. The lowest BCUT2D eigenvalue weighted by atomic mass is 9.83. The molecule has 1 aliphatic heterocycles. The molecular formula is C23H28N2O3. The van der Waals surface area contributed by atoms with Crippen molar-refractivity contribution in [3.05, 3.63) is 53.9 Å². The second-order valence-corrected chi connectivity index (χ2v) is 7.79. The van der Waals surface area contributed by atoms with Gasteiger partial charge in [0.25, 0.3) is 0 Å². The number of aromatic nitrogens is 1. The molecule has 4 rings (SSSR count). The average molecular weight is 380 g/mol. The van der Waals surface area contributed by atoms with Crippen LogP contribution < -0.4 is 9.47 Å². The van der Waals surface area contributed by atoms with Crippen molar-refractivity contribution in [2.24, 2.45) is 5.92 Å². The van der Waals surface area contributed by atoms with Crippen molar-refractivity contribution in [2.45, 2.75) is 38.0 Å². The number of pyridine rings is 1. The van der Waals surface area contributed by atoms with Gasteiger partial charge in [0.05, 0.1) is 5.92 Å². The maximum atomic E-state index is 13.5. The summed E-state index contributed by atoms with van der Waals surface area (Å²) in [5, 5.41) is 0. The number of carbonyl (C=O) groups is 1. The predicted octanol–water partition coefficient (Wildman–Crippen LogP) is 3.83. The van der Waals surface area contributed by atoms with E-state index in [1.807, 2.05) is 42.3 Å². The molecule has 1 atom stereocenters. The van der Waals surface area contributed by atoms with Gasteiger partial charge in [-0.05, 0) is 60.6 Å². The number of carbonyl (C=O) groups excluding carboxylic acids is 1. The summed E-state index contributed by atoms with van der Waals surface area (Å²) in [6.45, 7) is 1.84. The molecule has 1 aromatic carbocycles. The van der Waals surface area contributed by atoms with Gasteiger partial charge in [-0.2, -0.15) is 0 Å². The molecular weight excluding hydrogens is 352 g/mol. The molecule has 5 nitrogen and oxygen atoms in total. The van der Waals surface area contributed by atoms with Gasteiger partial charge in [0.2, 0.25) is 5.91 Å². The van der Waals surface area contributed by atoms with Crippen LogP contribution in [0.5, 0.6) is 11.5 Å². The molecule has 1 aliphatic carbocycles. The van der Waals surface area contributed by atoms with Crippen molar-refractivity contribution in [3.8, 4) is 11.5 Å². The van der Waals surface area contributed by atoms with Gasteiger partial charge in [-0.15, -0.1) is 0 Å². The zero-order valence-corrected chi connectivity index (χ0v) is 16.5. The van der Waals surface area contributed by atoms with E-state index in [2.05, 4.69) is 4.98 Å². The highest BCUT2D eigenvalue weighted by atomic mass is 16.6. The molecule has 2 aliphatic rings. The molecule has 28 heavy (non-hydrogen) atoms. The summed E-state index contributed by atoms with van der Waals surface area (Å²) in [6.07, 6.45) is 9.08. The molecule has 2 aromatic rings. The number of benzene rings is 1. The van der Waals surface area contributed by atoms with Crippen LogP contribution in [0, 0.1) is 5.92 Å². The van der Waals surface area contributed by atoms with Gasteiger partial charge in [-0.25, -0.2) is 0 Å². The van der Waals surface area contributed by atoms with Gasteiger partial charge in [0.1, 0.15) is 13.2 Å². The quantitative estimate of drug-likeness (QED) is 0.764. The first kappa shape index (κ1) is 18.8. The molecule has 0 N–H and O–H groups in total. The molecule has 1 unspecified atom stereocenters. The summed E-state index contributed by atoms with van der Waals surface area (Å²) in [5.74, 6) is 2.04. The van der Waals surface area contributed by atoms with E-state index in [1.165, 1.54) is 18.4 Å². The number of nitrogens with zero attached hydrogens (tertiary/aromatic N) is 2. The normalized spacial score (nSPS) is 17.3. The maximum Gasteiger partial charge on any atom is 0.230 e. The van der Waals surface area contributed by atoms with Gasteiger partial charge >= 0.3 is 0 Å². The lowest BCUT2D eigenvalue weighted by molar-refractivity contribution is -0.132. The minimum absolute atomic E-state index is 0.110. The van der Waals surface area contributed by atoms with E-state index in [9.17, 15) is 4.79 Å². The van der Waals surface area contributed by atoms with E-state index >= 15 is 0 Å². The maximum absolute atomic E-state index is 13.5.